The molecule has 0 aliphatic carbocycles. The number of anilines is 1. The Hall–Kier alpha value is -0.990. The van der Waals surface area contributed by atoms with Gasteiger partial charge in [0.15, 0.2) is 0 Å². The molecule has 0 aliphatic rings. The number of nitrogens with two attached hydrogens (primary N) is 1. The molecule has 1 aromatic heterocycles. The molecule has 0 saturated carbocycles. The highest BCUT2D eigenvalue weighted by Gasteiger charge is 2.07. The van der Waals surface area contributed by atoms with Crippen molar-refractivity contribution < 1.29 is 0 Å². The van der Waals surface area contributed by atoms with Crippen LogP contribution in [-0.4, -0.2) is 0 Å². The zero-order valence-corrected chi connectivity index (χ0v) is 10.2. The first-order valence-corrected chi connectivity index (χ1v) is 5.90. The fourth-order valence-corrected chi connectivity index (χ4v) is 2.72. The van der Waals surface area contributed by atoms with Crippen molar-refractivity contribution in [2.24, 2.45) is 0 Å². The third-order valence-electron chi connectivity index (χ3n) is 2.45. The lowest BCUT2D eigenvalue weighted by Crippen LogP contribution is -1.92. The molecule has 1 heterocycles. The summed E-state index contributed by atoms with van der Waals surface area (Å²) in [5, 5.41) is 0. The maximum Gasteiger partial charge on any atom is 0.0934 e. The summed E-state index contributed by atoms with van der Waals surface area (Å²) >= 11 is 7.50. The van der Waals surface area contributed by atoms with E-state index in [0.717, 1.165) is 15.6 Å². The largest absolute Gasteiger partial charge is 0.398 e. The van der Waals surface area contributed by atoms with Gasteiger partial charge in [0.25, 0.3) is 0 Å². The monoisotopic (exact) mass is 237 g/mol. The molecule has 0 aliphatic heterocycles. The molecule has 1 nitrogen and oxygen atoms in total. The molecule has 15 heavy (non-hydrogen) atoms. The third kappa shape index (κ3) is 2.01. The highest BCUT2D eigenvalue weighted by atomic mass is 35.5. The summed E-state index contributed by atoms with van der Waals surface area (Å²) < 4.78 is 0.809. The summed E-state index contributed by atoms with van der Waals surface area (Å²) in [4.78, 5) is 1.17. The highest BCUT2D eigenvalue weighted by Crippen LogP contribution is 2.34. The van der Waals surface area contributed by atoms with Crippen molar-refractivity contribution in [2.45, 2.75) is 13.8 Å². The minimum absolute atomic E-state index is 0.809. The predicted octanol–water partition coefficient (Wildman–Crippen LogP) is 4.27. The average molecular weight is 238 g/mol. The molecule has 2 N–H and O–H groups in total. The van der Waals surface area contributed by atoms with Crippen molar-refractivity contribution in [3.8, 4) is 10.4 Å². The zero-order valence-electron chi connectivity index (χ0n) is 8.67. The van der Waals surface area contributed by atoms with E-state index in [1.807, 2.05) is 25.1 Å². The molecule has 0 fully saturated rings. The average Bonchev–Trinajstić information content (AvgIpc) is 2.58. The number of aryl methyl sites for hydroxylation is 2. The molecule has 78 valence electrons. The number of nitrogen functional groups attached to an aromatic ring is 1. The standard InChI is InChI=1S/C12H12ClNS/c1-7-5-8(2)10(14)6-9(7)11-3-4-12(13)15-11/h3-6H,14H2,1-2H3. The molecule has 3 heteroatoms. The Morgan fingerprint density at radius 1 is 1.13 bits per heavy atom. The molecule has 0 spiro atoms. The summed E-state index contributed by atoms with van der Waals surface area (Å²) in [7, 11) is 0. The van der Waals surface area contributed by atoms with Crippen LogP contribution in [0.1, 0.15) is 11.1 Å². The van der Waals surface area contributed by atoms with E-state index >= 15 is 0 Å². The lowest BCUT2D eigenvalue weighted by Gasteiger charge is -2.07. The van der Waals surface area contributed by atoms with Crippen LogP contribution in [0.2, 0.25) is 4.34 Å². The first-order valence-electron chi connectivity index (χ1n) is 4.70. The van der Waals surface area contributed by atoms with Crippen LogP contribution in [0.5, 0.6) is 0 Å². The normalized spacial score (nSPS) is 10.6. The van der Waals surface area contributed by atoms with Gasteiger partial charge in [-0.2, -0.15) is 0 Å². The van der Waals surface area contributed by atoms with Crippen LogP contribution < -0.4 is 5.73 Å². The minimum atomic E-state index is 0.809. The van der Waals surface area contributed by atoms with Crippen LogP contribution in [-0.2, 0) is 0 Å². The van der Waals surface area contributed by atoms with Crippen LogP contribution >= 0.6 is 22.9 Å². The predicted molar refractivity (Wildman–Crippen MR) is 68.7 cm³/mol. The first kappa shape index (κ1) is 10.5. The number of hydrogen-bond donors (Lipinski definition) is 1. The van der Waals surface area contributed by atoms with E-state index in [-0.39, 0.29) is 0 Å². The smallest absolute Gasteiger partial charge is 0.0934 e. The van der Waals surface area contributed by atoms with Gasteiger partial charge in [-0.25, -0.2) is 0 Å². The van der Waals surface area contributed by atoms with Crippen molar-refractivity contribution in [1.82, 2.24) is 0 Å². The van der Waals surface area contributed by atoms with Gasteiger partial charge in [0.05, 0.1) is 4.34 Å². The maximum atomic E-state index is 5.92. The number of benzene rings is 1. The van der Waals surface area contributed by atoms with E-state index in [1.54, 1.807) is 11.3 Å². The van der Waals surface area contributed by atoms with Crippen LogP contribution in [0.15, 0.2) is 24.3 Å². The molecule has 2 aromatic rings. The molecule has 0 amide bonds. The van der Waals surface area contributed by atoms with Gasteiger partial charge in [0, 0.05) is 10.6 Å². The van der Waals surface area contributed by atoms with E-state index < -0.39 is 0 Å². The Kier molecular flexibility index (Phi) is 2.72. The molecular formula is C12H12ClNS. The van der Waals surface area contributed by atoms with E-state index in [4.69, 9.17) is 17.3 Å². The van der Waals surface area contributed by atoms with E-state index in [9.17, 15) is 0 Å². The molecule has 0 radical (unpaired) electrons. The quantitative estimate of drug-likeness (QED) is 0.737. The fourth-order valence-electron chi connectivity index (χ4n) is 1.59. The Labute approximate surface area is 98.5 Å². The Bertz CT molecular complexity index is 502. The van der Waals surface area contributed by atoms with Gasteiger partial charge in [-0.05, 0) is 48.7 Å². The number of hydrogen-bond acceptors (Lipinski definition) is 2. The third-order valence-corrected chi connectivity index (χ3v) is 3.72. The van der Waals surface area contributed by atoms with E-state index in [2.05, 4.69) is 13.0 Å². The van der Waals surface area contributed by atoms with Gasteiger partial charge in [0.2, 0.25) is 0 Å². The Morgan fingerprint density at radius 3 is 2.47 bits per heavy atom. The van der Waals surface area contributed by atoms with Crippen LogP contribution in [0, 0.1) is 13.8 Å². The highest BCUT2D eigenvalue weighted by molar-refractivity contribution is 7.19. The fraction of sp³-hybridized carbons (Fsp3) is 0.167. The lowest BCUT2D eigenvalue weighted by atomic mass is 10.0. The Balaban J connectivity index is 2.58. The van der Waals surface area contributed by atoms with Crippen LogP contribution in [0.25, 0.3) is 10.4 Å². The molecule has 0 bridgehead atoms. The lowest BCUT2D eigenvalue weighted by molar-refractivity contribution is 1.39. The van der Waals surface area contributed by atoms with Crippen molar-refractivity contribution in [1.29, 1.82) is 0 Å². The summed E-state index contributed by atoms with van der Waals surface area (Å²) in [6, 6.07) is 8.08. The van der Waals surface area contributed by atoms with Crippen molar-refractivity contribution in [3.63, 3.8) is 0 Å². The SMILES string of the molecule is Cc1cc(C)c(-c2ccc(Cl)s2)cc1N. The maximum absolute atomic E-state index is 5.92. The molecular weight excluding hydrogens is 226 g/mol. The van der Waals surface area contributed by atoms with Gasteiger partial charge < -0.3 is 5.73 Å². The number of rotatable bonds is 1. The van der Waals surface area contributed by atoms with Crippen molar-refractivity contribution in [2.75, 3.05) is 5.73 Å². The molecule has 2 rings (SSSR count). The summed E-state index contributed by atoms with van der Waals surface area (Å²) in [6.45, 7) is 4.11. The summed E-state index contributed by atoms with van der Waals surface area (Å²) in [5.41, 5.74) is 10.3. The molecule has 0 unspecified atom stereocenters. The molecule has 1 aromatic carbocycles. The summed E-state index contributed by atoms with van der Waals surface area (Å²) in [5.74, 6) is 0. The van der Waals surface area contributed by atoms with Gasteiger partial charge in [0.1, 0.15) is 0 Å². The van der Waals surface area contributed by atoms with Crippen LogP contribution in [0.3, 0.4) is 0 Å². The van der Waals surface area contributed by atoms with E-state index in [1.165, 1.54) is 16.0 Å². The second kappa shape index (κ2) is 3.87. The Morgan fingerprint density at radius 2 is 1.87 bits per heavy atom. The molecule has 0 atom stereocenters. The second-order valence-electron chi connectivity index (χ2n) is 3.63. The van der Waals surface area contributed by atoms with E-state index in [0.29, 0.717) is 0 Å². The number of thiophene rings is 1. The van der Waals surface area contributed by atoms with Crippen molar-refractivity contribution in [3.05, 3.63) is 39.7 Å². The zero-order chi connectivity index (χ0) is 11.0. The summed E-state index contributed by atoms with van der Waals surface area (Å²) in [6.07, 6.45) is 0. The minimum Gasteiger partial charge on any atom is -0.398 e. The van der Waals surface area contributed by atoms with Gasteiger partial charge in [-0.1, -0.05) is 17.7 Å². The van der Waals surface area contributed by atoms with Gasteiger partial charge in [-0.15, -0.1) is 11.3 Å². The van der Waals surface area contributed by atoms with Gasteiger partial charge >= 0.3 is 0 Å². The number of halogens is 1. The first-order chi connectivity index (χ1) is 7.08. The topological polar surface area (TPSA) is 26.0 Å². The second-order valence-corrected chi connectivity index (χ2v) is 5.34. The molecule has 0 saturated heterocycles. The van der Waals surface area contributed by atoms with Crippen molar-refractivity contribution >= 4 is 28.6 Å². The van der Waals surface area contributed by atoms with Gasteiger partial charge in [-0.3, -0.25) is 0 Å². The van der Waals surface area contributed by atoms with Crippen LogP contribution in [0.4, 0.5) is 5.69 Å².